The first kappa shape index (κ1) is 7.18. The Bertz CT molecular complexity index is 39.1. The van der Waals surface area contributed by atoms with Crippen molar-refractivity contribution in [2.45, 2.75) is 19.1 Å². The van der Waals surface area contributed by atoms with Gasteiger partial charge < -0.3 is 4.74 Å². The third-order valence-electron chi connectivity index (χ3n) is 0.858. The van der Waals surface area contributed by atoms with Gasteiger partial charge in [-0.1, -0.05) is 6.92 Å². The standard InChI is InChI=1S/C5H13OSi/c1-3-5(7)6-4-2/h5H,1,3-4H2,2,7H3. The summed E-state index contributed by atoms with van der Waals surface area (Å²) in [4.78, 5) is 0. The van der Waals surface area contributed by atoms with Gasteiger partial charge in [-0.05, 0) is 13.3 Å². The predicted octanol–water partition coefficient (Wildman–Crippen LogP) is -0.0614. The second-order valence-electron chi connectivity index (χ2n) is 1.55. The third kappa shape index (κ3) is 4.02. The summed E-state index contributed by atoms with van der Waals surface area (Å²) in [5.41, 5.74) is 0.477. The van der Waals surface area contributed by atoms with Gasteiger partial charge in [0.2, 0.25) is 0 Å². The van der Waals surface area contributed by atoms with Crippen molar-refractivity contribution >= 4 is 10.2 Å². The topological polar surface area (TPSA) is 9.23 Å². The van der Waals surface area contributed by atoms with E-state index in [1.54, 1.807) is 0 Å². The predicted molar refractivity (Wildman–Crippen MR) is 35.3 cm³/mol. The Hall–Kier alpha value is 0.177. The lowest BCUT2D eigenvalue weighted by Crippen LogP contribution is -2.10. The first-order valence-corrected chi connectivity index (χ1v) is 3.87. The maximum absolute atomic E-state index is 5.19. The van der Waals surface area contributed by atoms with E-state index in [1.165, 1.54) is 0 Å². The van der Waals surface area contributed by atoms with E-state index in [0.29, 0.717) is 5.73 Å². The van der Waals surface area contributed by atoms with Crippen molar-refractivity contribution in [1.29, 1.82) is 0 Å². The molecule has 0 bridgehead atoms. The smallest absolute Gasteiger partial charge is 0.0436 e. The second kappa shape index (κ2) is 4.34. The molecule has 0 rings (SSSR count). The Balaban J connectivity index is 2.83. The molecule has 0 fully saturated rings. The molecule has 7 heavy (non-hydrogen) atoms. The minimum absolute atomic E-state index is 0.477. The zero-order valence-electron chi connectivity index (χ0n) is 5.11. The van der Waals surface area contributed by atoms with E-state index in [9.17, 15) is 0 Å². The summed E-state index contributed by atoms with van der Waals surface area (Å²) in [5, 5.41) is 0. The SMILES string of the molecule is [CH2]CC([SiH3])OCC. The van der Waals surface area contributed by atoms with Crippen LogP contribution in [0.25, 0.3) is 0 Å². The van der Waals surface area contributed by atoms with Crippen molar-refractivity contribution in [2.24, 2.45) is 0 Å². The summed E-state index contributed by atoms with van der Waals surface area (Å²) in [6.45, 7) is 6.57. The van der Waals surface area contributed by atoms with Gasteiger partial charge in [-0.15, -0.1) is 0 Å². The highest BCUT2D eigenvalue weighted by Gasteiger charge is 1.92. The average Bonchev–Trinajstić information content (AvgIpc) is 1.68. The molecule has 0 aromatic heterocycles. The van der Waals surface area contributed by atoms with Crippen LogP contribution in [-0.4, -0.2) is 22.6 Å². The van der Waals surface area contributed by atoms with Gasteiger partial charge in [-0.2, -0.15) is 0 Å². The van der Waals surface area contributed by atoms with Crippen molar-refractivity contribution in [3.8, 4) is 0 Å². The molecule has 43 valence electrons. The lowest BCUT2D eigenvalue weighted by molar-refractivity contribution is 0.121. The van der Waals surface area contributed by atoms with Gasteiger partial charge in [-0.25, -0.2) is 0 Å². The fourth-order valence-corrected chi connectivity index (χ4v) is 0.701. The number of ether oxygens (including phenoxy) is 1. The molecule has 0 aliphatic heterocycles. The van der Waals surface area contributed by atoms with Crippen molar-refractivity contribution in [3.05, 3.63) is 6.92 Å². The molecule has 2 heteroatoms. The lowest BCUT2D eigenvalue weighted by atomic mass is 10.5. The van der Waals surface area contributed by atoms with Crippen LogP contribution in [0.1, 0.15) is 13.3 Å². The Morgan fingerprint density at radius 1 is 1.86 bits per heavy atom. The molecule has 0 aromatic rings. The molecule has 0 spiro atoms. The summed E-state index contributed by atoms with van der Waals surface area (Å²) >= 11 is 0. The molecular formula is C5H13OSi. The molecule has 0 saturated carbocycles. The Kier molecular flexibility index (Phi) is 4.45. The van der Waals surface area contributed by atoms with E-state index in [0.717, 1.165) is 23.3 Å². The first-order chi connectivity index (χ1) is 3.31. The summed E-state index contributed by atoms with van der Waals surface area (Å²) in [6, 6.07) is 0. The van der Waals surface area contributed by atoms with Crippen LogP contribution in [0.5, 0.6) is 0 Å². The molecule has 0 aliphatic rings. The van der Waals surface area contributed by atoms with E-state index < -0.39 is 0 Å². The highest BCUT2D eigenvalue weighted by molar-refractivity contribution is 6.11. The third-order valence-corrected chi connectivity index (χ3v) is 1.77. The van der Waals surface area contributed by atoms with Crippen molar-refractivity contribution in [3.63, 3.8) is 0 Å². The van der Waals surface area contributed by atoms with Crippen LogP contribution in [0.2, 0.25) is 0 Å². The zero-order valence-corrected chi connectivity index (χ0v) is 7.11. The van der Waals surface area contributed by atoms with Gasteiger partial charge in [0.05, 0.1) is 0 Å². The van der Waals surface area contributed by atoms with Crippen LogP contribution in [0.3, 0.4) is 0 Å². The highest BCUT2D eigenvalue weighted by atomic mass is 28.1. The summed E-state index contributed by atoms with van der Waals surface area (Å²) in [6.07, 6.45) is 0.931. The van der Waals surface area contributed by atoms with E-state index in [2.05, 4.69) is 6.92 Å². The minimum Gasteiger partial charge on any atom is -0.383 e. The zero-order chi connectivity index (χ0) is 5.70. The largest absolute Gasteiger partial charge is 0.383 e. The molecule has 1 atom stereocenters. The minimum atomic E-state index is 0.477. The molecule has 0 heterocycles. The molecule has 0 aliphatic carbocycles. The maximum Gasteiger partial charge on any atom is 0.0436 e. The average molecular weight is 117 g/mol. The Morgan fingerprint density at radius 2 is 2.43 bits per heavy atom. The summed E-state index contributed by atoms with van der Waals surface area (Å²) in [5.74, 6) is 0. The number of hydrogen-bond acceptors (Lipinski definition) is 1. The van der Waals surface area contributed by atoms with Crippen molar-refractivity contribution in [2.75, 3.05) is 6.61 Å². The molecule has 0 aromatic carbocycles. The Labute approximate surface area is 48.5 Å². The fourth-order valence-electron chi connectivity index (χ4n) is 0.368. The molecule has 0 N–H and O–H groups in total. The molecule has 1 radical (unpaired) electrons. The van der Waals surface area contributed by atoms with Gasteiger partial charge in [0.1, 0.15) is 0 Å². The van der Waals surface area contributed by atoms with Crippen molar-refractivity contribution in [1.82, 2.24) is 0 Å². The summed E-state index contributed by atoms with van der Waals surface area (Å²) < 4.78 is 5.19. The molecule has 0 saturated heterocycles. The van der Waals surface area contributed by atoms with E-state index in [1.807, 2.05) is 6.92 Å². The lowest BCUT2D eigenvalue weighted by Gasteiger charge is -2.05. The van der Waals surface area contributed by atoms with Crippen LogP contribution in [0.4, 0.5) is 0 Å². The quantitative estimate of drug-likeness (QED) is 0.471. The normalized spacial score (nSPS) is 14.6. The van der Waals surface area contributed by atoms with E-state index in [4.69, 9.17) is 4.74 Å². The van der Waals surface area contributed by atoms with E-state index >= 15 is 0 Å². The van der Waals surface area contributed by atoms with Crippen LogP contribution in [0, 0.1) is 6.92 Å². The van der Waals surface area contributed by atoms with Gasteiger partial charge in [-0.3, -0.25) is 0 Å². The monoisotopic (exact) mass is 117 g/mol. The van der Waals surface area contributed by atoms with E-state index in [-0.39, 0.29) is 0 Å². The summed E-state index contributed by atoms with van der Waals surface area (Å²) in [7, 11) is 1.11. The van der Waals surface area contributed by atoms with Crippen LogP contribution in [-0.2, 0) is 4.74 Å². The molecule has 0 amide bonds. The van der Waals surface area contributed by atoms with Gasteiger partial charge in [0.25, 0.3) is 0 Å². The van der Waals surface area contributed by atoms with Crippen LogP contribution in [0.15, 0.2) is 0 Å². The second-order valence-corrected chi connectivity index (χ2v) is 2.84. The molecule has 1 unspecified atom stereocenters. The highest BCUT2D eigenvalue weighted by Crippen LogP contribution is 1.88. The fraction of sp³-hybridized carbons (Fsp3) is 0.800. The Morgan fingerprint density at radius 3 is 2.57 bits per heavy atom. The van der Waals surface area contributed by atoms with Gasteiger partial charge >= 0.3 is 0 Å². The van der Waals surface area contributed by atoms with Gasteiger partial charge in [0.15, 0.2) is 0 Å². The van der Waals surface area contributed by atoms with Crippen LogP contribution >= 0.6 is 0 Å². The van der Waals surface area contributed by atoms with Gasteiger partial charge in [0, 0.05) is 22.6 Å². The first-order valence-electron chi connectivity index (χ1n) is 2.72. The van der Waals surface area contributed by atoms with Crippen molar-refractivity contribution < 1.29 is 4.74 Å². The number of rotatable bonds is 3. The number of hydrogen-bond donors (Lipinski definition) is 0. The van der Waals surface area contributed by atoms with Crippen LogP contribution < -0.4 is 0 Å². The molecular weight excluding hydrogens is 104 g/mol. The maximum atomic E-state index is 5.19. The molecule has 1 nitrogen and oxygen atoms in total.